The second-order valence-corrected chi connectivity index (χ2v) is 6.19. The molecule has 29 heavy (non-hydrogen) atoms. The summed E-state index contributed by atoms with van der Waals surface area (Å²) in [4.78, 5) is 23.0. The van der Waals surface area contributed by atoms with Crippen molar-refractivity contribution in [1.82, 2.24) is 0 Å². The number of nitro benzene ring substituents is 1. The van der Waals surface area contributed by atoms with Crippen molar-refractivity contribution in [2.45, 2.75) is 20.5 Å². The molecule has 0 aliphatic rings. The van der Waals surface area contributed by atoms with Crippen molar-refractivity contribution in [2.24, 2.45) is 0 Å². The third kappa shape index (κ3) is 5.13. The largest absolute Gasteiger partial charge is 0.494 e. The number of amides is 1. The average Bonchev–Trinajstić information content (AvgIpc) is 3.18. The summed E-state index contributed by atoms with van der Waals surface area (Å²) in [7, 11) is 0. The molecule has 0 aliphatic carbocycles. The van der Waals surface area contributed by atoms with Crippen LogP contribution in [0.2, 0.25) is 0 Å². The minimum absolute atomic E-state index is 0.0414. The molecule has 0 radical (unpaired) electrons. The molecule has 8 heteroatoms. The molecule has 0 fully saturated rings. The van der Waals surface area contributed by atoms with Crippen LogP contribution in [0.5, 0.6) is 11.5 Å². The van der Waals surface area contributed by atoms with Gasteiger partial charge in [-0.3, -0.25) is 14.9 Å². The van der Waals surface area contributed by atoms with E-state index in [1.165, 1.54) is 18.2 Å². The van der Waals surface area contributed by atoms with E-state index in [1.807, 2.05) is 6.92 Å². The van der Waals surface area contributed by atoms with Gasteiger partial charge in [0.05, 0.1) is 11.5 Å². The normalized spacial score (nSPS) is 10.4. The number of carbonyl (C=O) groups is 1. The SMILES string of the molecule is CCOc1ccc(NC(=O)c2ccc(COc3ccc(C)cc3[N+](=O)[O-])o2)cc1. The first kappa shape index (κ1) is 19.9. The zero-order valence-corrected chi connectivity index (χ0v) is 16.0. The third-order valence-electron chi connectivity index (χ3n) is 3.99. The van der Waals surface area contributed by atoms with E-state index in [4.69, 9.17) is 13.9 Å². The molecule has 0 spiro atoms. The molecule has 0 bridgehead atoms. The van der Waals surface area contributed by atoms with Crippen LogP contribution >= 0.6 is 0 Å². The molecule has 0 atom stereocenters. The van der Waals surface area contributed by atoms with Gasteiger partial charge < -0.3 is 19.2 Å². The van der Waals surface area contributed by atoms with E-state index in [-0.39, 0.29) is 23.8 Å². The van der Waals surface area contributed by atoms with Crippen molar-refractivity contribution >= 4 is 17.3 Å². The fourth-order valence-corrected chi connectivity index (χ4v) is 2.61. The number of nitro groups is 1. The topological polar surface area (TPSA) is 104 Å². The minimum Gasteiger partial charge on any atom is -0.494 e. The molecule has 8 nitrogen and oxygen atoms in total. The number of nitrogens with one attached hydrogen (secondary N) is 1. The highest BCUT2D eigenvalue weighted by Crippen LogP contribution is 2.28. The molecule has 1 amide bonds. The predicted molar refractivity (Wildman–Crippen MR) is 106 cm³/mol. The quantitative estimate of drug-likeness (QED) is 0.436. The van der Waals surface area contributed by atoms with Gasteiger partial charge >= 0.3 is 5.69 Å². The standard InChI is InChI=1S/C21H20N2O6/c1-3-27-16-7-5-15(6-8-16)22-21(24)20-11-9-17(29-20)13-28-19-10-4-14(2)12-18(19)23(25)26/h4-12H,3,13H2,1-2H3,(H,22,24). The first-order chi connectivity index (χ1) is 14.0. The Morgan fingerprint density at radius 1 is 1.10 bits per heavy atom. The van der Waals surface area contributed by atoms with Crippen LogP contribution in [-0.2, 0) is 6.61 Å². The lowest BCUT2D eigenvalue weighted by molar-refractivity contribution is -0.386. The van der Waals surface area contributed by atoms with Crippen molar-refractivity contribution in [2.75, 3.05) is 11.9 Å². The summed E-state index contributed by atoms with van der Waals surface area (Å²) in [6, 6.07) is 14.8. The summed E-state index contributed by atoms with van der Waals surface area (Å²) in [6.45, 7) is 4.18. The van der Waals surface area contributed by atoms with Crippen LogP contribution in [0.3, 0.4) is 0 Å². The number of hydrogen-bond donors (Lipinski definition) is 1. The molecule has 0 unspecified atom stereocenters. The number of ether oxygens (including phenoxy) is 2. The van der Waals surface area contributed by atoms with Crippen molar-refractivity contribution in [3.8, 4) is 11.5 Å². The summed E-state index contributed by atoms with van der Waals surface area (Å²) in [5.74, 6) is 0.917. The summed E-state index contributed by atoms with van der Waals surface area (Å²) in [5, 5.41) is 13.9. The Morgan fingerprint density at radius 3 is 2.55 bits per heavy atom. The van der Waals surface area contributed by atoms with Crippen molar-refractivity contribution in [3.05, 3.63) is 81.8 Å². The predicted octanol–water partition coefficient (Wildman–Crippen LogP) is 4.73. The molecular formula is C21H20N2O6. The van der Waals surface area contributed by atoms with Gasteiger partial charge in [0.25, 0.3) is 5.91 Å². The zero-order valence-electron chi connectivity index (χ0n) is 16.0. The fraction of sp³-hybridized carbons (Fsp3) is 0.190. The maximum absolute atomic E-state index is 12.3. The van der Waals surface area contributed by atoms with Gasteiger partial charge in [-0.2, -0.15) is 0 Å². The fourth-order valence-electron chi connectivity index (χ4n) is 2.61. The van der Waals surface area contributed by atoms with E-state index in [2.05, 4.69) is 5.32 Å². The lowest BCUT2D eigenvalue weighted by Gasteiger charge is -2.06. The number of furan rings is 1. The van der Waals surface area contributed by atoms with E-state index in [1.54, 1.807) is 43.3 Å². The highest BCUT2D eigenvalue weighted by atomic mass is 16.6. The zero-order chi connectivity index (χ0) is 20.8. The van der Waals surface area contributed by atoms with Crippen molar-refractivity contribution < 1.29 is 23.6 Å². The molecule has 2 aromatic carbocycles. The molecule has 0 saturated heterocycles. The smallest absolute Gasteiger partial charge is 0.311 e. The van der Waals surface area contributed by atoms with Gasteiger partial charge in [-0.1, -0.05) is 6.07 Å². The van der Waals surface area contributed by atoms with Crippen LogP contribution in [0.15, 0.2) is 59.0 Å². The molecule has 1 N–H and O–H groups in total. The summed E-state index contributed by atoms with van der Waals surface area (Å²) in [6.07, 6.45) is 0. The van der Waals surface area contributed by atoms with Gasteiger partial charge in [0, 0.05) is 11.8 Å². The number of aryl methyl sites for hydroxylation is 1. The van der Waals surface area contributed by atoms with Gasteiger partial charge in [0.1, 0.15) is 18.1 Å². The van der Waals surface area contributed by atoms with E-state index in [9.17, 15) is 14.9 Å². The number of hydrogen-bond acceptors (Lipinski definition) is 6. The third-order valence-corrected chi connectivity index (χ3v) is 3.99. The Kier molecular flexibility index (Phi) is 6.13. The monoisotopic (exact) mass is 396 g/mol. The molecule has 3 aromatic rings. The first-order valence-electron chi connectivity index (χ1n) is 8.97. The van der Waals surface area contributed by atoms with Gasteiger partial charge in [-0.05, 0) is 61.9 Å². The Balaban J connectivity index is 1.62. The molecule has 0 aliphatic heterocycles. The number of benzene rings is 2. The summed E-state index contributed by atoms with van der Waals surface area (Å²) >= 11 is 0. The average molecular weight is 396 g/mol. The Morgan fingerprint density at radius 2 is 1.86 bits per heavy atom. The molecule has 1 heterocycles. The van der Waals surface area contributed by atoms with Crippen LogP contribution in [0.25, 0.3) is 0 Å². The Hall–Kier alpha value is -3.81. The van der Waals surface area contributed by atoms with Crippen molar-refractivity contribution in [3.63, 3.8) is 0 Å². The van der Waals surface area contributed by atoms with Crippen LogP contribution in [-0.4, -0.2) is 17.4 Å². The molecular weight excluding hydrogens is 376 g/mol. The number of anilines is 1. The second kappa shape index (κ2) is 8.92. The second-order valence-electron chi connectivity index (χ2n) is 6.19. The lowest BCUT2D eigenvalue weighted by atomic mass is 10.2. The molecule has 150 valence electrons. The van der Waals surface area contributed by atoms with E-state index in [0.717, 1.165) is 5.56 Å². The minimum atomic E-state index is -0.500. The van der Waals surface area contributed by atoms with Gasteiger partial charge in [0.15, 0.2) is 11.5 Å². The van der Waals surface area contributed by atoms with Gasteiger partial charge in [-0.15, -0.1) is 0 Å². The maximum Gasteiger partial charge on any atom is 0.311 e. The number of rotatable bonds is 8. The number of carbonyl (C=O) groups excluding carboxylic acids is 1. The van der Waals surface area contributed by atoms with E-state index >= 15 is 0 Å². The summed E-state index contributed by atoms with van der Waals surface area (Å²) < 4.78 is 16.4. The van der Waals surface area contributed by atoms with Gasteiger partial charge in [0.2, 0.25) is 0 Å². The molecule has 3 rings (SSSR count). The van der Waals surface area contributed by atoms with Crippen molar-refractivity contribution in [1.29, 1.82) is 0 Å². The maximum atomic E-state index is 12.3. The van der Waals surface area contributed by atoms with Crippen LogP contribution in [0.4, 0.5) is 11.4 Å². The number of nitrogens with zero attached hydrogens (tertiary/aromatic N) is 1. The highest BCUT2D eigenvalue weighted by Gasteiger charge is 2.17. The van der Waals surface area contributed by atoms with E-state index < -0.39 is 10.8 Å². The molecule has 1 aromatic heterocycles. The summed E-state index contributed by atoms with van der Waals surface area (Å²) in [5.41, 5.74) is 1.24. The van der Waals surface area contributed by atoms with Crippen LogP contribution < -0.4 is 14.8 Å². The van der Waals surface area contributed by atoms with E-state index in [0.29, 0.717) is 23.8 Å². The lowest BCUT2D eigenvalue weighted by Crippen LogP contribution is -2.10. The Bertz CT molecular complexity index is 1010. The molecule has 0 saturated carbocycles. The van der Waals surface area contributed by atoms with Crippen LogP contribution in [0.1, 0.15) is 28.8 Å². The van der Waals surface area contributed by atoms with Gasteiger partial charge in [-0.25, -0.2) is 0 Å². The first-order valence-corrected chi connectivity index (χ1v) is 8.97. The highest BCUT2D eigenvalue weighted by molar-refractivity contribution is 6.02. The Labute approximate surface area is 167 Å². The van der Waals surface area contributed by atoms with Crippen LogP contribution in [0, 0.1) is 17.0 Å².